The molecule has 0 atom stereocenters. The number of amides is 1. The summed E-state index contributed by atoms with van der Waals surface area (Å²) in [7, 11) is 0. The van der Waals surface area contributed by atoms with Crippen LogP contribution in [0.15, 0.2) is 24.4 Å². The van der Waals surface area contributed by atoms with Crippen LogP contribution >= 0.6 is 11.6 Å². The van der Waals surface area contributed by atoms with Gasteiger partial charge in [0.15, 0.2) is 0 Å². The lowest BCUT2D eigenvalue weighted by molar-refractivity contribution is 0.0949. The van der Waals surface area contributed by atoms with Crippen molar-refractivity contribution in [2.24, 2.45) is 5.84 Å². The molecule has 1 amide bonds. The molecule has 2 aromatic rings. The summed E-state index contributed by atoms with van der Waals surface area (Å²) in [5.41, 5.74) is 2.85. The molecule has 14 heavy (non-hydrogen) atoms. The average Bonchev–Trinajstić information content (AvgIpc) is 2.62. The van der Waals surface area contributed by atoms with Gasteiger partial charge >= 0.3 is 0 Å². The molecule has 0 aliphatic carbocycles. The molecular weight excluding hydrogens is 204 g/mol. The van der Waals surface area contributed by atoms with Crippen LogP contribution in [0.4, 0.5) is 0 Å². The zero-order valence-corrected chi connectivity index (χ0v) is 7.82. The minimum absolute atomic E-state index is 0.237. The van der Waals surface area contributed by atoms with E-state index in [0.29, 0.717) is 10.8 Å². The highest BCUT2D eigenvalue weighted by atomic mass is 35.5. The molecule has 0 spiro atoms. The number of nitrogens with one attached hydrogen (secondary N) is 1. The van der Waals surface area contributed by atoms with Crippen molar-refractivity contribution in [1.82, 2.24) is 14.8 Å². The highest BCUT2D eigenvalue weighted by molar-refractivity contribution is 6.29. The largest absolute Gasteiger partial charge is 0.289 e. The number of hydrogen-bond acceptors (Lipinski definition) is 3. The fraction of sp³-hybridized carbons (Fsp3) is 0. The topological polar surface area (TPSA) is 72.4 Å². The van der Waals surface area contributed by atoms with Crippen molar-refractivity contribution in [3.05, 3.63) is 35.2 Å². The summed E-state index contributed by atoms with van der Waals surface area (Å²) in [6.45, 7) is 0. The summed E-state index contributed by atoms with van der Waals surface area (Å²) in [5.74, 6) is 4.54. The van der Waals surface area contributed by atoms with Crippen LogP contribution < -0.4 is 11.3 Å². The molecule has 0 radical (unpaired) electrons. The number of nitrogen functional groups attached to an aromatic ring is 1. The molecule has 0 unspecified atom stereocenters. The van der Waals surface area contributed by atoms with Crippen LogP contribution in [0.3, 0.4) is 0 Å². The quantitative estimate of drug-likeness (QED) is 0.313. The molecular formula is C8H7ClN4O. The third-order valence-corrected chi connectivity index (χ3v) is 2.11. The molecule has 2 heterocycles. The van der Waals surface area contributed by atoms with Gasteiger partial charge in [0.25, 0.3) is 5.91 Å². The second kappa shape index (κ2) is 3.28. The molecule has 0 aromatic carbocycles. The van der Waals surface area contributed by atoms with Gasteiger partial charge in [-0.25, -0.2) is 10.8 Å². The Morgan fingerprint density at radius 1 is 1.57 bits per heavy atom. The van der Waals surface area contributed by atoms with E-state index in [1.54, 1.807) is 22.6 Å². The Kier molecular flexibility index (Phi) is 2.11. The highest BCUT2D eigenvalue weighted by Gasteiger charge is 2.09. The Hall–Kier alpha value is -1.59. The number of imidazole rings is 1. The Balaban J connectivity index is 2.62. The number of fused-ring (bicyclic) bond motifs is 1. The van der Waals surface area contributed by atoms with Crippen molar-refractivity contribution in [2.45, 2.75) is 0 Å². The van der Waals surface area contributed by atoms with E-state index in [4.69, 9.17) is 17.4 Å². The number of aromatic nitrogens is 2. The van der Waals surface area contributed by atoms with Crippen molar-refractivity contribution >= 4 is 23.2 Å². The number of pyridine rings is 1. The standard InChI is InChI=1S/C8H7ClN4O/c9-6-2-1-3-7-11-5(4-13(6)7)8(14)12-10/h1-4H,10H2,(H,12,14). The third kappa shape index (κ3) is 1.32. The van der Waals surface area contributed by atoms with Crippen LogP contribution in [0.25, 0.3) is 5.65 Å². The maximum absolute atomic E-state index is 11.1. The summed E-state index contributed by atoms with van der Waals surface area (Å²) in [6, 6.07) is 5.22. The van der Waals surface area contributed by atoms with Crippen LogP contribution in [0, 0.1) is 0 Å². The summed E-state index contributed by atoms with van der Waals surface area (Å²) in [5, 5.41) is 0.492. The van der Waals surface area contributed by atoms with Gasteiger partial charge in [0.2, 0.25) is 0 Å². The molecule has 0 bridgehead atoms. The molecule has 72 valence electrons. The number of rotatable bonds is 1. The molecule has 2 aromatic heterocycles. The molecule has 0 fully saturated rings. The van der Waals surface area contributed by atoms with Crippen LogP contribution in [0.2, 0.25) is 5.15 Å². The third-order valence-electron chi connectivity index (χ3n) is 1.81. The van der Waals surface area contributed by atoms with Crippen LogP contribution in [-0.4, -0.2) is 15.3 Å². The fourth-order valence-corrected chi connectivity index (χ4v) is 1.37. The summed E-state index contributed by atoms with van der Waals surface area (Å²) in [6.07, 6.45) is 1.53. The highest BCUT2D eigenvalue weighted by Crippen LogP contribution is 2.12. The van der Waals surface area contributed by atoms with Gasteiger partial charge in [0.1, 0.15) is 16.5 Å². The zero-order valence-electron chi connectivity index (χ0n) is 7.07. The van der Waals surface area contributed by atoms with Gasteiger partial charge in [-0.3, -0.25) is 14.6 Å². The van der Waals surface area contributed by atoms with E-state index < -0.39 is 5.91 Å². The van der Waals surface area contributed by atoms with Crippen molar-refractivity contribution in [3.63, 3.8) is 0 Å². The first-order chi connectivity index (χ1) is 6.72. The lowest BCUT2D eigenvalue weighted by Gasteiger charge is -1.93. The van der Waals surface area contributed by atoms with Gasteiger partial charge in [-0.05, 0) is 12.1 Å². The molecule has 6 heteroatoms. The van der Waals surface area contributed by atoms with E-state index >= 15 is 0 Å². The molecule has 0 aliphatic heterocycles. The first kappa shape index (κ1) is 8.98. The number of carbonyl (C=O) groups is 1. The predicted octanol–water partition coefficient (Wildman–Crippen LogP) is 0.591. The van der Waals surface area contributed by atoms with Gasteiger partial charge in [0.05, 0.1) is 0 Å². The monoisotopic (exact) mass is 210 g/mol. The smallest absolute Gasteiger partial charge is 0.285 e. The maximum Gasteiger partial charge on any atom is 0.285 e. The predicted molar refractivity (Wildman–Crippen MR) is 51.9 cm³/mol. The van der Waals surface area contributed by atoms with E-state index in [2.05, 4.69) is 4.98 Å². The van der Waals surface area contributed by atoms with Crippen molar-refractivity contribution in [3.8, 4) is 0 Å². The van der Waals surface area contributed by atoms with Gasteiger partial charge in [-0.1, -0.05) is 17.7 Å². The molecule has 2 rings (SSSR count). The van der Waals surface area contributed by atoms with E-state index in [1.807, 2.05) is 5.43 Å². The first-order valence-electron chi connectivity index (χ1n) is 3.87. The number of carbonyl (C=O) groups excluding carboxylic acids is 1. The average molecular weight is 211 g/mol. The summed E-state index contributed by atoms with van der Waals surface area (Å²) in [4.78, 5) is 15.2. The lowest BCUT2D eigenvalue weighted by atomic mass is 10.5. The van der Waals surface area contributed by atoms with E-state index in [-0.39, 0.29) is 5.69 Å². The van der Waals surface area contributed by atoms with Crippen LogP contribution in [-0.2, 0) is 0 Å². The second-order valence-electron chi connectivity index (χ2n) is 2.68. The fourth-order valence-electron chi connectivity index (χ4n) is 1.16. The maximum atomic E-state index is 11.1. The SMILES string of the molecule is NNC(=O)c1cn2c(Cl)cccc2n1. The number of halogens is 1. The number of hydrogen-bond donors (Lipinski definition) is 2. The molecule has 0 aliphatic rings. The Morgan fingerprint density at radius 3 is 3.00 bits per heavy atom. The normalized spacial score (nSPS) is 10.4. The Labute approximate surface area is 84.5 Å². The van der Waals surface area contributed by atoms with Gasteiger partial charge in [0, 0.05) is 6.20 Å². The minimum atomic E-state index is -0.440. The molecule has 0 saturated carbocycles. The molecule has 5 nitrogen and oxygen atoms in total. The van der Waals surface area contributed by atoms with Crippen molar-refractivity contribution < 1.29 is 4.79 Å². The molecule has 3 N–H and O–H groups in total. The first-order valence-corrected chi connectivity index (χ1v) is 4.25. The number of hydrazine groups is 1. The van der Waals surface area contributed by atoms with Gasteiger partial charge in [-0.15, -0.1) is 0 Å². The zero-order chi connectivity index (χ0) is 10.1. The van der Waals surface area contributed by atoms with E-state index in [0.717, 1.165) is 0 Å². The van der Waals surface area contributed by atoms with Gasteiger partial charge < -0.3 is 0 Å². The molecule has 0 saturated heterocycles. The van der Waals surface area contributed by atoms with Crippen LogP contribution in [0.5, 0.6) is 0 Å². The summed E-state index contributed by atoms with van der Waals surface area (Å²) >= 11 is 5.88. The van der Waals surface area contributed by atoms with E-state index in [1.165, 1.54) is 6.20 Å². The van der Waals surface area contributed by atoms with Crippen molar-refractivity contribution in [2.75, 3.05) is 0 Å². The Morgan fingerprint density at radius 2 is 2.36 bits per heavy atom. The van der Waals surface area contributed by atoms with Crippen LogP contribution in [0.1, 0.15) is 10.5 Å². The minimum Gasteiger partial charge on any atom is -0.289 e. The summed E-state index contributed by atoms with van der Waals surface area (Å²) < 4.78 is 1.60. The number of nitrogens with two attached hydrogens (primary N) is 1. The van der Waals surface area contributed by atoms with Gasteiger partial charge in [-0.2, -0.15) is 0 Å². The van der Waals surface area contributed by atoms with E-state index in [9.17, 15) is 4.79 Å². The Bertz CT molecular complexity index is 493. The lowest BCUT2D eigenvalue weighted by Crippen LogP contribution is -2.30. The number of nitrogens with zero attached hydrogens (tertiary/aromatic N) is 2. The van der Waals surface area contributed by atoms with Crippen molar-refractivity contribution in [1.29, 1.82) is 0 Å². The second-order valence-corrected chi connectivity index (χ2v) is 3.06.